The molecule has 0 amide bonds. The third-order valence-electron chi connectivity index (χ3n) is 4.70. The molecule has 1 aliphatic heterocycles. The van der Waals surface area contributed by atoms with Crippen molar-refractivity contribution in [2.24, 2.45) is 5.92 Å². The van der Waals surface area contributed by atoms with Crippen LogP contribution >= 0.6 is 0 Å². The Kier molecular flexibility index (Phi) is 5.06. The Bertz CT molecular complexity index is 413. The van der Waals surface area contributed by atoms with Crippen LogP contribution in [-0.2, 0) is 0 Å². The lowest BCUT2D eigenvalue weighted by molar-refractivity contribution is 0.250. The summed E-state index contributed by atoms with van der Waals surface area (Å²) in [4.78, 5) is 4.98. The van der Waals surface area contributed by atoms with Crippen LogP contribution in [0.2, 0.25) is 0 Å². The highest BCUT2D eigenvalue weighted by Gasteiger charge is 2.30. The zero-order chi connectivity index (χ0) is 14.7. The Morgan fingerprint density at radius 2 is 1.90 bits per heavy atom. The maximum absolute atomic E-state index is 5.75. The summed E-state index contributed by atoms with van der Waals surface area (Å²) < 4.78 is 0. The number of nitrogen functional groups attached to an aromatic ring is 1. The van der Waals surface area contributed by atoms with E-state index in [2.05, 4.69) is 49.9 Å². The summed E-state index contributed by atoms with van der Waals surface area (Å²) in [5.41, 5.74) is 8.00. The molecule has 3 atom stereocenters. The summed E-state index contributed by atoms with van der Waals surface area (Å²) >= 11 is 0. The van der Waals surface area contributed by atoms with Gasteiger partial charge < -0.3 is 15.5 Å². The Hall–Kier alpha value is -1.06. The molecule has 1 fully saturated rings. The molecule has 0 spiro atoms. The van der Waals surface area contributed by atoms with Gasteiger partial charge in [-0.05, 0) is 56.6 Å². The minimum atomic E-state index is 0.601. The van der Waals surface area contributed by atoms with E-state index in [9.17, 15) is 0 Å². The van der Waals surface area contributed by atoms with E-state index >= 15 is 0 Å². The SMILES string of the molecule is CC(CCN1CC(C)C(N(C)C)C1)c1ccc(N)cc1. The first-order chi connectivity index (χ1) is 9.47. The molecule has 20 heavy (non-hydrogen) atoms. The van der Waals surface area contributed by atoms with Crippen molar-refractivity contribution >= 4 is 5.69 Å². The van der Waals surface area contributed by atoms with Gasteiger partial charge in [0.05, 0.1) is 0 Å². The van der Waals surface area contributed by atoms with Gasteiger partial charge in [-0.2, -0.15) is 0 Å². The number of hydrogen-bond donors (Lipinski definition) is 1. The summed E-state index contributed by atoms with van der Waals surface area (Å²) in [6.45, 7) is 8.32. The molecule has 0 radical (unpaired) electrons. The van der Waals surface area contributed by atoms with Crippen LogP contribution in [0.5, 0.6) is 0 Å². The van der Waals surface area contributed by atoms with E-state index in [0.717, 1.165) is 11.6 Å². The second-order valence-electron chi connectivity index (χ2n) is 6.62. The van der Waals surface area contributed by atoms with Crippen molar-refractivity contribution in [1.82, 2.24) is 9.80 Å². The minimum Gasteiger partial charge on any atom is -0.399 e. The molecule has 0 saturated carbocycles. The molecule has 112 valence electrons. The maximum Gasteiger partial charge on any atom is 0.0314 e. The van der Waals surface area contributed by atoms with E-state index in [1.54, 1.807) is 0 Å². The van der Waals surface area contributed by atoms with Gasteiger partial charge in [0.25, 0.3) is 0 Å². The Morgan fingerprint density at radius 1 is 1.25 bits per heavy atom. The molecular formula is C17H29N3. The highest BCUT2D eigenvalue weighted by molar-refractivity contribution is 5.40. The van der Waals surface area contributed by atoms with Crippen molar-refractivity contribution in [2.45, 2.75) is 32.2 Å². The first-order valence-corrected chi connectivity index (χ1v) is 7.71. The molecule has 0 bridgehead atoms. The van der Waals surface area contributed by atoms with Crippen LogP contribution in [-0.4, -0.2) is 49.6 Å². The molecule has 0 aliphatic carbocycles. The predicted octanol–water partition coefficient (Wildman–Crippen LogP) is 2.64. The summed E-state index contributed by atoms with van der Waals surface area (Å²) in [5.74, 6) is 1.38. The van der Waals surface area contributed by atoms with E-state index < -0.39 is 0 Å². The monoisotopic (exact) mass is 275 g/mol. The number of likely N-dealkylation sites (N-methyl/N-ethyl adjacent to an activating group) is 1. The van der Waals surface area contributed by atoms with Gasteiger partial charge in [-0.3, -0.25) is 0 Å². The average molecular weight is 275 g/mol. The van der Waals surface area contributed by atoms with E-state index in [4.69, 9.17) is 5.73 Å². The molecule has 2 rings (SSSR count). The molecule has 1 heterocycles. The minimum absolute atomic E-state index is 0.601. The number of anilines is 1. The standard InChI is InChI=1S/C17H29N3/c1-13(15-5-7-16(18)8-6-15)9-10-20-11-14(2)17(12-20)19(3)4/h5-8,13-14,17H,9-12,18H2,1-4H3. The maximum atomic E-state index is 5.75. The number of nitrogens with two attached hydrogens (primary N) is 1. The van der Waals surface area contributed by atoms with Gasteiger partial charge in [0.15, 0.2) is 0 Å². The third kappa shape index (κ3) is 3.74. The molecule has 2 N–H and O–H groups in total. The zero-order valence-corrected chi connectivity index (χ0v) is 13.3. The van der Waals surface area contributed by atoms with E-state index in [1.165, 1.54) is 31.6 Å². The fourth-order valence-corrected chi connectivity index (χ4v) is 3.27. The van der Waals surface area contributed by atoms with Gasteiger partial charge in [-0.15, -0.1) is 0 Å². The van der Waals surface area contributed by atoms with Gasteiger partial charge >= 0.3 is 0 Å². The average Bonchev–Trinajstić information content (AvgIpc) is 2.78. The summed E-state index contributed by atoms with van der Waals surface area (Å²) in [5, 5.41) is 0. The zero-order valence-electron chi connectivity index (χ0n) is 13.3. The molecule has 0 aromatic heterocycles. The molecule has 3 heteroatoms. The smallest absolute Gasteiger partial charge is 0.0314 e. The normalized spacial score (nSPS) is 25.2. The van der Waals surface area contributed by atoms with Crippen molar-refractivity contribution < 1.29 is 0 Å². The molecule has 1 saturated heterocycles. The largest absolute Gasteiger partial charge is 0.399 e. The Morgan fingerprint density at radius 3 is 2.45 bits per heavy atom. The second kappa shape index (κ2) is 6.59. The summed E-state index contributed by atoms with van der Waals surface area (Å²) in [6.07, 6.45) is 1.22. The lowest BCUT2D eigenvalue weighted by Gasteiger charge is -2.23. The molecule has 3 nitrogen and oxygen atoms in total. The van der Waals surface area contributed by atoms with Crippen molar-refractivity contribution in [3.63, 3.8) is 0 Å². The molecule has 1 aliphatic rings. The number of likely N-dealkylation sites (tertiary alicyclic amines) is 1. The van der Waals surface area contributed by atoms with Crippen LogP contribution in [0, 0.1) is 5.92 Å². The van der Waals surface area contributed by atoms with Gasteiger partial charge in [0.2, 0.25) is 0 Å². The van der Waals surface area contributed by atoms with Crippen LogP contribution in [0.1, 0.15) is 31.7 Å². The lowest BCUT2D eigenvalue weighted by atomic mass is 9.97. The Labute approximate surface area is 123 Å². The highest BCUT2D eigenvalue weighted by atomic mass is 15.2. The Balaban J connectivity index is 1.82. The van der Waals surface area contributed by atoms with Crippen LogP contribution < -0.4 is 5.73 Å². The van der Waals surface area contributed by atoms with E-state index in [-0.39, 0.29) is 0 Å². The lowest BCUT2D eigenvalue weighted by Crippen LogP contribution is -2.34. The molecular weight excluding hydrogens is 246 g/mol. The summed E-state index contributed by atoms with van der Waals surface area (Å²) in [7, 11) is 4.39. The van der Waals surface area contributed by atoms with Crippen molar-refractivity contribution in [1.29, 1.82) is 0 Å². The van der Waals surface area contributed by atoms with E-state index in [1.807, 2.05) is 12.1 Å². The third-order valence-corrected chi connectivity index (χ3v) is 4.70. The number of rotatable bonds is 5. The first kappa shape index (κ1) is 15.3. The van der Waals surface area contributed by atoms with Gasteiger partial charge in [-0.25, -0.2) is 0 Å². The molecule has 1 aromatic rings. The van der Waals surface area contributed by atoms with Gasteiger partial charge in [0, 0.05) is 24.8 Å². The van der Waals surface area contributed by atoms with Crippen molar-refractivity contribution in [3.8, 4) is 0 Å². The molecule has 3 unspecified atom stereocenters. The quantitative estimate of drug-likeness (QED) is 0.839. The fourth-order valence-electron chi connectivity index (χ4n) is 3.27. The fraction of sp³-hybridized carbons (Fsp3) is 0.647. The van der Waals surface area contributed by atoms with Crippen molar-refractivity contribution in [2.75, 3.05) is 39.5 Å². The van der Waals surface area contributed by atoms with Crippen LogP contribution in [0.15, 0.2) is 24.3 Å². The summed E-state index contributed by atoms with van der Waals surface area (Å²) in [6, 6.07) is 9.05. The number of benzene rings is 1. The van der Waals surface area contributed by atoms with Crippen molar-refractivity contribution in [3.05, 3.63) is 29.8 Å². The highest BCUT2D eigenvalue weighted by Crippen LogP contribution is 2.24. The predicted molar refractivity (Wildman–Crippen MR) is 87.0 cm³/mol. The van der Waals surface area contributed by atoms with Gasteiger partial charge in [-0.1, -0.05) is 26.0 Å². The van der Waals surface area contributed by atoms with Crippen LogP contribution in [0.3, 0.4) is 0 Å². The van der Waals surface area contributed by atoms with Crippen LogP contribution in [0.4, 0.5) is 5.69 Å². The van der Waals surface area contributed by atoms with Gasteiger partial charge in [0.1, 0.15) is 0 Å². The second-order valence-corrected chi connectivity index (χ2v) is 6.62. The molecule has 1 aromatic carbocycles. The topological polar surface area (TPSA) is 32.5 Å². The van der Waals surface area contributed by atoms with Crippen LogP contribution in [0.25, 0.3) is 0 Å². The number of nitrogens with zero attached hydrogens (tertiary/aromatic N) is 2. The number of hydrogen-bond acceptors (Lipinski definition) is 3. The van der Waals surface area contributed by atoms with E-state index in [0.29, 0.717) is 12.0 Å². The first-order valence-electron chi connectivity index (χ1n) is 7.71.